The van der Waals surface area contributed by atoms with Crippen molar-refractivity contribution in [2.75, 3.05) is 0 Å². The van der Waals surface area contributed by atoms with Gasteiger partial charge in [0.1, 0.15) is 0 Å². The molecule has 0 unspecified atom stereocenters. The molecule has 0 radical (unpaired) electrons. The monoisotopic (exact) mass is 324 g/mol. The summed E-state index contributed by atoms with van der Waals surface area (Å²) >= 11 is 5.60. The molecule has 22 heavy (non-hydrogen) atoms. The van der Waals surface area contributed by atoms with E-state index in [1.54, 1.807) is 38.1 Å². The van der Waals surface area contributed by atoms with Gasteiger partial charge in [0.2, 0.25) is 0 Å². The maximum absolute atomic E-state index is 10.3. The maximum Gasteiger partial charge on any atom is 0.272 e. The number of nitro benzene ring substituents is 2. The smallest absolute Gasteiger partial charge is 0.258 e. The Hall–Kier alpha value is -2.47. The van der Waals surface area contributed by atoms with Gasteiger partial charge in [0.25, 0.3) is 11.4 Å². The molecule has 2 aromatic carbocycles. The SMILES string of the molecule is C.Cc1cc(Cl)ccc1[N+](=O)[O-].Cc1ccccc1[N+](=O)[O-]. The second-order valence-electron chi connectivity index (χ2n) is 4.23. The van der Waals surface area contributed by atoms with Gasteiger partial charge in [0.15, 0.2) is 0 Å². The van der Waals surface area contributed by atoms with Crippen LogP contribution >= 0.6 is 11.6 Å². The van der Waals surface area contributed by atoms with Crippen LogP contribution in [0, 0.1) is 34.1 Å². The van der Waals surface area contributed by atoms with Crippen molar-refractivity contribution in [1.29, 1.82) is 0 Å². The molecule has 0 aliphatic heterocycles. The number of benzene rings is 2. The zero-order valence-electron chi connectivity index (χ0n) is 11.4. The summed E-state index contributed by atoms with van der Waals surface area (Å²) in [6, 6.07) is 11.1. The van der Waals surface area contributed by atoms with Crippen molar-refractivity contribution < 1.29 is 9.85 Å². The van der Waals surface area contributed by atoms with Gasteiger partial charge in [0.05, 0.1) is 9.85 Å². The van der Waals surface area contributed by atoms with E-state index in [0.29, 0.717) is 16.1 Å². The molecule has 0 aromatic heterocycles. The van der Waals surface area contributed by atoms with Crippen molar-refractivity contribution in [3.05, 3.63) is 78.8 Å². The normalized spacial score (nSPS) is 9.05. The van der Waals surface area contributed by atoms with Gasteiger partial charge in [-0.2, -0.15) is 0 Å². The lowest BCUT2D eigenvalue weighted by Crippen LogP contribution is -1.90. The highest BCUT2D eigenvalue weighted by Gasteiger charge is 2.08. The molecule has 0 atom stereocenters. The van der Waals surface area contributed by atoms with Crippen molar-refractivity contribution in [2.45, 2.75) is 21.3 Å². The van der Waals surface area contributed by atoms with Gasteiger partial charge in [-0.25, -0.2) is 0 Å². The number of nitrogens with zero attached hydrogens (tertiary/aromatic N) is 2. The van der Waals surface area contributed by atoms with Crippen LogP contribution in [0.1, 0.15) is 18.6 Å². The van der Waals surface area contributed by atoms with Crippen LogP contribution in [0.5, 0.6) is 0 Å². The Morgan fingerprint density at radius 3 is 1.77 bits per heavy atom. The average molecular weight is 325 g/mol. The van der Waals surface area contributed by atoms with E-state index in [1.165, 1.54) is 18.2 Å². The Labute approximate surface area is 133 Å². The van der Waals surface area contributed by atoms with Gasteiger partial charge in [-0.05, 0) is 26.0 Å². The molecule has 118 valence electrons. The lowest BCUT2D eigenvalue weighted by atomic mass is 10.2. The lowest BCUT2D eigenvalue weighted by molar-refractivity contribution is -0.385. The van der Waals surface area contributed by atoms with E-state index in [9.17, 15) is 20.2 Å². The van der Waals surface area contributed by atoms with Crippen LogP contribution in [0.15, 0.2) is 42.5 Å². The number of hydrogen-bond acceptors (Lipinski definition) is 4. The van der Waals surface area contributed by atoms with E-state index in [1.807, 2.05) is 0 Å². The fraction of sp³-hybridized carbons (Fsp3) is 0.200. The predicted molar refractivity (Wildman–Crippen MR) is 87.4 cm³/mol. The van der Waals surface area contributed by atoms with Gasteiger partial charge >= 0.3 is 0 Å². The van der Waals surface area contributed by atoms with Crippen LogP contribution in [0.2, 0.25) is 5.02 Å². The minimum atomic E-state index is -0.425. The Morgan fingerprint density at radius 1 is 0.864 bits per heavy atom. The van der Waals surface area contributed by atoms with Crippen LogP contribution < -0.4 is 0 Å². The van der Waals surface area contributed by atoms with E-state index in [-0.39, 0.29) is 23.7 Å². The molecule has 0 saturated heterocycles. The van der Waals surface area contributed by atoms with Gasteiger partial charge < -0.3 is 0 Å². The first-order valence-electron chi connectivity index (χ1n) is 5.93. The second-order valence-corrected chi connectivity index (χ2v) is 4.67. The zero-order chi connectivity index (χ0) is 16.0. The third-order valence-corrected chi connectivity index (χ3v) is 2.90. The second kappa shape index (κ2) is 8.74. The summed E-state index contributed by atoms with van der Waals surface area (Å²) < 4.78 is 0. The number of para-hydroxylation sites is 1. The maximum atomic E-state index is 10.3. The van der Waals surface area contributed by atoms with E-state index in [2.05, 4.69) is 0 Å². The summed E-state index contributed by atoms with van der Waals surface area (Å²) in [7, 11) is 0. The topological polar surface area (TPSA) is 86.3 Å². The first-order chi connectivity index (χ1) is 9.82. The van der Waals surface area contributed by atoms with E-state index in [4.69, 9.17) is 11.6 Å². The third-order valence-electron chi connectivity index (χ3n) is 2.67. The molecule has 0 aliphatic rings. The first-order valence-corrected chi connectivity index (χ1v) is 6.31. The van der Waals surface area contributed by atoms with Crippen molar-refractivity contribution in [3.63, 3.8) is 0 Å². The molecule has 2 rings (SSSR count). The molecule has 0 aliphatic carbocycles. The molecule has 6 nitrogen and oxygen atoms in total. The van der Waals surface area contributed by atoms with Crippen molar-refractivity contribution in [3.8, 4) is 0 Å². The minimum Gasteiger partial charge on any atom is -0.258 e. The molecule has 0 spiro atoms. The van der Waals surface area contributed by atoms with Gasteiger partial charge in [-0.1, -0.05) is 37.2 Å². The molecular weight excluding hydrogens is 308 g/mol. The van der Waals surface area contributed by atoms with E-state index in [0.717, 1.165) is 0 Å². The van der Waals surface area contributed by atoms with Crippen LogP contribution in [0.4, 0.5) is 11.4 Å². The Kier molecular flexibility index (Phi) is 7.76. The fourth-order valence-corrected chi connectivity index (χ4v) is 1.82. The zero-order valence-corrected chi connectivity index (χ0v) is 12.2. The summed E-state index contributed by atoms with van der Waals surface area (Å²) in [5.41, 5.74) is 1.58. The van der Waals surface area contributed by atoms with Crippen LogP contribution in [-0.2, 0) is 0 Å². The molecule has 0 N–H and O–H groups in total. The number of hydrogen-bond donors (Lipinski definition) is 0. The molecule has 2 aromatic rings. The van der Waals surface area contributed by atoms with Crippen LogP contribution in [0.3, 0.4) is 0 Å². The number of nitro groups is 2. The van der Waals surface area contributed by atoms with E-state index >= 15 is 0 Å². The lowest BCUT2D eigenvalue weighted by Gasteiger charge is -1.95. The first kappa shape index (κ1) is 19.5. The van der Waals surface area contributed by atoms with Crippen molar-refractivity contribution in [1.82, 2.24) is 0 Å². The van der Waals surface area contributed by atoms with Crippen LogP contribution in [-0.4, -0.2) is 9.85 Å². The standard InChI is InChI=1S/C7H6ClNO2.C7H7NO2.CH4/c1-5-4-6(8)2-3-7(5)9(10)11;1-6-4-2-3-5-7(6)8(9)10;/h2-4H,1H3;2-5H,1H3;1H4. The number of aryl methyl sites for hydroxylation is 2. The Bertz CT molecular complexity index is 674. The highest BCUT2D eigenvalue weighted by Crippen LogP contribution is 2.21. The summed E-state index contributed by atoms with van der Waals surface area (Å²) in [5, 5.41) is 21.0. The number of halogens is 1. The molecule has 0 fully saturated rings. The van der Waals surface area contributed by atoms with E-state index < -0.39 is 4.92 Å². The highest BCUT2D eigenvalue weighted by atomic mass is 35.5. The summed E-state index contributed by atoms with van der Waals surface area (Å²) in [5.74, 6) is 0. The average Bonchev–Trinajstić information content (AvgIpc) is 2.39. The fourth-order valence-electron chi connectivity index (χ4n) is 1.59. The summed E-state index contributed by atoms with van der Waals surface area (Å²) in [6.45, 7) is 3.38. The van der Waals surface area contributed by atoms with Gasteiger partial charge in [-0.3, -0.25) is 20.2 Å². The molecule has 0 heterocycles. The Balaban J connectivity index is 0.000000385. The molecular formula is C15H17ClN2O4. The van der Waals surface area contributed by atoms with Crippen molar-refractivity contribution >= 4 is 23.0 Å². The number of rotatable bonds is 2. The molecule has 0 bridgehead atoms. The Morgan fingerprint density at radius 2 is 1.36 bits per heavy atom. The molecule has 7 heteroatoms. The van der Waals surface area contributed by atoms with Gasteiger partial charge in [0, 0.05) is 28.3 Å². The largest absolute Gasteiger partial charge is 0.272 e. The minimum absolute atomic E-state index is 0. The van der Waals surface area contributed by atoms with Gasteiger partial charge in [-0.15, -0.1) is 0 Å². The van der Waals surface area contributed by atoms with Crippen LogP contribution in [0.25, 0.3) is 0 Å². The summed E-state index contributed by atoms with van der Waals surface area (Å²) in [6.07, 6.45) is 0. The highest BCUT2D eigenvalue weighted by molar-refractivity contribution is 6.30. The van der Waals surface area contributed by atoms with Crippen molar-refractivity contribution in [2.24, 2.45) is 0 Å². The quantitative estimate of drug-likeness (QED) is 0.568. The summed E-state index contributed by atoms with van der Waals surface area (Å²) in [4.78, 5) is 19.7. The molecule has 0 amide bonds. The molecule has 0 saturated carbocycles. The predicted octanol–water partition coefficient (Wildman–Crippen LogP) is 5.10. The third kappa shape index (κ3) is 5.49.